The van der Waals surface area contributed by atoms with Gasteiger partial charge in [-0.2, -0.15) is 0 Å². The molecule has 16 aliphatic carbocycles. The number of hydrogen-bond donors (Lipinski definition) is 5. The molecule has 0 bridgehead atoms. The molecule has 1 saturated heterocycles. The summed E-state index contributed by atoms with van der Waals surface area (Å²) in [6, 6.07) is 0. The van der Waals surface area contributed by atoms with E-state index in [1.54, 1.807) is 16.7 Å². The SMILES string of the molecule is CC(C)CCC[C@@H](C)[C@H]1CCC2C3CC=C4C[C@@H](C)CC[C@]4(C)C3CC[C@@]21C.CC(C)CCC[C@@H](C)[C@H]1CCC2C3CC=C4C[C@@H](O)CC[C@]4(C)C3CC[C@@]21C.CC(C)CCC[C@@H](C)[C@H]1CCC2C3CC=C4C[C@@H](OCCO)CC[C@]4(C)C3CC[C@@]21C.CC(C)CCC[C@@H](C)[C@H]1CCC2C3CC=C4C[C@@H](OCCOC(=O)CCC(=O)O)CC[C@]4(C)C3CC[C@@]21C.O=C1CCC(=O)O1.OCCO. The van der Waals surface area contributed by atoms with Crippen molar-refractivity contribution in [1.82, 2.24) is 0 Å². The fourth-order valence-corrected chi connectivity index (χ4v) is 36.4. The molecule has 1 aliphatic heterocycles. The normalized spacial score (nSPS) is 40.6. The molecule has 0 aromatic rings. The van der Waals surface area contributed by atoms with Crippen LogP contribution in [0.3, 0.4) is 0 Å². The van der Waals surface area contributed by atoms with Crippen molar-refractivity contribution in [3.63, 3.8) is 0 Å². The molecular formula is C123H208O13. The highest BCUT2D eigenvalue weighted by Gasteiger charge is 2.65. The quantitative estimate of drug-likeness (QED) is 0.0190. The molecule has 12 saturated carbocycles. The number of hydrogen-bond acceptors (Lipinski definition) is 12. The van der Waals surface area contributed by atoms with E-state index in [0.29, 0.717) is 62.6 Å². The molecule has 0 aromatic carbocycles. The molecule has 1 heterocycles. The smallest absolute Gasteiger partial charge is 0.314 e. The van der Waals surface area contributed by atoms with Crippen molar-refractivity contribution in [2.45, 2.75) is 472 Å². The predicted octanol–water partition coefficient (Wildman–Crippen LogP) is 30.1. The van der Waals surface area contributed by atoms with E-state index in [4.69, 9.17) is 34.6 Å². The number of ether oxygens (including phenoxy) is 4. The minimum Gasteiger partial charge on any atom is -0.481 e. The molecular weight excluding hydrogens is 1690 g/mol. The van der Waals surface area contributed by atoms with E-state index in [-0.39, 0.29) is 64.3 Å². The maximum atomic E-state index is 11.6. The van der Waals surface area contributed by atoms with Crippen LogP contribution in [0.15, 0.2) is 46.6 Å². The van der Waals surface area contributed by atoms with Crippen LogP contribution in [-0.2, 0) is 38.1 Å². The molecule has 778 valence electrons. The lowest BCUT2D eigenvalue weighted by molar-refractivity contribution is -0.152. The summed E-state index contributed by atoms with van der Waals surface area (Å²) in [7, 11) is 0. The topological polar surface area (TPSA) is 206 Å². The Bertz CT molecular complexity index is 3800. The van der Waals surface area contributed by atoms with Gasteiger partial charge in [0.25, 0.3) is 0 Å². The lowest BCUT2D eigenvalue weighted by atomic mass is 9.46. The van der Waals surface area contributed by atoms with E-state index in [0.717, 1.165) is 180 Å². The summed E-state index contributed by atoms with van der Waals surface area (Å²) in [5.74, 6) is 20.5. The molecule has 13 nitrogen and oxygen atoms in total. The van der Waals surface area contributed by atoms with Crippen LogP contribution in [0.4, 0.5) is 0 Å². The van der Waals surface area contributed by atoms with Crippen molar-refractivity contribution in [3.05, 3.63) is 46.6 Å². The van der Waals surface area contributed by atoms with Gasteiger partial charge in [0.05, 0.1) is 77.0 Å². The van der Waals surface area contributed by atoms with Gasteiger partial charge in [0.1, 0.15) is 6.61 Å². The van der Waals surface area contributed by atoms with Crippen molar-refractivity contribution >= 4 is 23.9 Å². The number of rotatable bonds is 31. The van der Waals surface area contributed by atoms with E-state index in [1.807, 2.05) is 5.57 Å². The van der Waals surface area contributed by atoms with E-state index in [9.17, 15) is 24.3 Å². The minimum absolute atomic E-state index is 0.0766. The van der Waals surface area contributed by atoms with Crippen LogP contribution < -0.4 is 0 Å². The van der Waals surface area contributed by atoms with Crippen LogP contribution in [0.5, 0.6) is 0 Å². The summed E-state index contributed by atoms with van der Waals surface area (Å²) < 4.78 is 21.3. The number of carbonyl (C=O) groups excluding carboxylic acids is 3. The van der Waals surface area contributed by atoms with Crippen LogP contribution in [0.1, 0.15) is 454 Å². The Morgan fingerprint density at radius 2 is 0.669 bits per heavy atom. The van der Waals surface area contributed by atoms with Gasteiger partial charge in [-0.15, -0.1) is 0 Å². The van der Waals surface area contributed by atoms with Gasteiger partial charge in [0, 0.05) is 0 Å². The van der Waals surface area contributed by atoms with Gasteiger partial charge in [-0.1, -0.05) is 269 Å². The molecule has 32 atom stereocenters. The third kappa shape index (κ3) is 25.4. The molecule has 17 rings (SSSR count). The first-order valence-corrected chi connectivity index (χ1v) is 58.2. The van der Waals surface area contributed by atoms with E-state index in [1.165, 1.54) is 250 Å². The zero-order chi connectivity index (χ0) is 98.6. The van der Waals surface area contributed by atoms with Gasteiger partial charge in [-0.25, -0.2) is 0 Å². The fourth-order valence-electron chi connectivity index (χ4n) is 36.4. The number of aliphatic carboxylic acids is 1. The Hall–Kier alpha value is -3.20. The molecule has 0 aromatic heterocycles. The van der Waals surface area contributed by atoms with E-state index in [2.05, 4.69) is 174 Å². The molecule has 5 N–H and O–H groups in total. The number of aliphatic hydroxyl groups is 4. The molecule has 13 heteroatoms. The second kappa shape index (κ2) is 48.9. The monoisotopic (exact) mass is 1890 g/mol. The molecule has 0 amide bonds. The van der Waals surface area contributed by atoms with E-state index >= 15 is 0 Å². The number of carboxylic acid groups (broad SMARTS) is 1. The first-order chi connectivity index (χ1) is 64.5. The summed E-state index contributed by atoms with van der Waals surface area (Å²) in [5.41, 5.74) is 10.8. The highest BCUT2D eigenvalue weighted by molar-refractivity contribution is 5.92. The first-order valence-electron chi connectivity index (χ1n) is 58.2. The number of carbonyl (C=O) groups is 4. The largest absolute Gasteiger partial charge is 0.481 e. The van der Waals surface area contributed by atoms with Crippen LogP contribution in [-0.4, -0.2) is 107 Å². The van der Waals surface area contributed by atoms with E-state index < -0.39 is 23.9 Å². The number of esters is 3. The zero-order valence-corrected chi connectivity index (χ0v) is 91.2. The second-order valence-corrected chi connectivity index (χ2v) is 53.5. The van der Waals surface area contributed by atoms with Crippen molar-refractivity contribution in [2.24, 2.45) is 191 Å². The lowest BCUT2D eigenvalue weighted by Gasteiger charge is -2.58. The highest BCUT2D eigenvalue weighted by Crippen LogP contribution is 2.73. The van der Waals surface area contributed by atoms with Crippen LogP contribution in [0, 0.1) is 191 Å². The third-order valence-corrected chi connectivity index (χ3v) is 43.9. The number of carboxylic acids is 1. The Labute approximate surface area is 832 Å². The summed E-state index contributed by atoms with van der Waals surface area (Å²) in [6.07, 6.45) is 71.6. The lowest BCUT2D eigenvalue weighted by Crippen LogP contribution is -2.51. The fraction of sp³-hybridized carbons (Fsp3) is 0.902. The predicted molar refractivity (Wildman–Crippen MR) is 556 cm³/mol. The Morgan fingerprint density at radius 3 is 0.971 bits per heavy atom. The van der Waals surface area contributed by atoms with Gasteiger partial charge >= 0.3 is 23.9 Å². The van der Waals surface area contributed by atoms with Gasteiger partial charge in [0.2, 0.25) is 0 Å². The average molecular weight is 1900 g/mol. The Morgan fingerprint density at radius 1 is 0.360 bits per heavy atom. The number of fused-ring (bicyclic) bond motifs is 20. The standard InChI is InChI=1S/C33H54O5.C29H50O2.C28H48.C27H46O.C4H4O3.C2H6O2/c1-22(2)7-6-8-23(3)27-11-12-28-26-10-9-24-21-25(37-19-20-38-31(36)14-13-30(34)35)15-17-32(24,4)29(26)16-18-33(27,28)5;1-20(2)7-6-8-21(3)25-11-12-26-24-10-9-22-19-23(31-18-17-30)13-15-28(22,4)27(24)14-16-29(25,26)5;1-19(2)8-7-9-21(4)24-12-13-25-23-11-10-22-18-20(3)14-16-27(22,5)26(23)15-17-28(24,25)6;1-18(2)7-6-8-19(3)23-11-12-24-22-10-9-20-17-21(28)13-15-26(20,4)25(22)14-16-27(23,24)5;5-3-1-2-4(6)7-3;3-1-2-4/h9,22-23,25-29H,6-8,10-21H2,1-5H3,(H,34,35);9,20-21,23-27,30H,6-8,10-19H2,1-5H3;10,19-21,23-26H,7-9,11-18H2,1-6H3;9,18-19,21-25,28H,6-8,10-17H2,1-5H3;1-2H2;3-4H,1-2H2/t23-,25+,26?,27-,28?,29?,32+,33-;21-,23+,24?,25-,26?,27?,28+,29-;20-,21+,23?,24+,25?,26?,27-,28+;19-,21+,22?,23-,24?,25?,26+,27-;;/m1101../s1. The molecule has 0 spiro atoms. The zero-order valence-electron chi connectivity index (χ0n) is 91.2. The maximum absolute atomic E-state index is 11.6. The number of allylic oxidation sites excluding steroid dienone is 5. The van der Waals surface area contributed by atoms with Crippen molar-refractivity contribution < 1.29 is 63.7 Å². The summed E-state index contributed by atoms with van der Waals surface area (Å²) >= 11 is 0. The van der Waals surface area contributed by atoms with Gasteiger partial charge in [-0.3, -0.25) is 19.2 Å². The molecule has 17 aliphatic rings. The molecule has 13 fully saturated rings. The van der Waals surface area contributed by atoms with Crippen LogP contribution >= 0.6 is 0 Å². The van der Waals surface area contributed by atoms with Crippen LogP contribution in [0.2, 0.25) is 0 Å². The van der Waals surface area contributed by atoms with Gasteiger partial charge < -0.3 is 44.5 Å². The number of cyclic esters (lactones) is 2. The van der Waals surface area contributed by atoms with Crippen LogP contribution in [0.25, 0.3) is 0 Å². The average Bonchev–Trinajstić information content (AvgIpc) is 1.47. The Kier molecular flexibility index (Phi) is 40.1. The minimum atomic E-state index is -0.978. The molecule has 136 heavy (non-hydrogen) atoms. The summed E-state index contributed by atoms with van der Waals surface area (Å²) in [4.78, 5) is 42.3. The second-order valence-electron chi connectivity index (χ2n) is 53.5. The van der Waals surface area contributed by atoms with Crippen molar-refractivity contribution in [1.29, 1.82) is 0 Å². The van der Waals surface area contributed by atoms with Gasteiger partial charge in [-0.05, 0) is 397 Å². The maximum Gasteiger partial charge on any atom is 0.314 e. The molecule has 12 unspecified atom stereocenters. The van der Waals surface area contributed by atoms with Crippen molar-refractivity contribution in [2.75, 3.05) is 39.6 Å². The van der Waals surface area contributed by atoms with Crippen molar-refractivity contribution in [3.8, 4) is 0 Å². The third-order valence-electron chi connectivity index (χ3n) is 43.9. The van der Waals surface area contributed by atoms with Gasteiger partial charge in [0.15, 0.2) is 0 Å². The first kappa shape index (κ1) is 112. The highest BCUT2D eigenvalue weighted by atomic mass is 16.6. The molecule has 0 radical (unpaired) electrons. The summed E-state index contributed by atoms with van der Waals surface area (Å²) in [6.45, 7) is 53.9. The Balaban J connectivity index is 0.000000158. The summed E-state index contributed by atoms with van der Waals surface area (Å²) in [5, 5.41) is 43.3. The number of aliphatic hydroxyl groups excluding tert-OH is 4.